The predicted octanol–water partition coefficient (Wildman–Crippen LogP) is 5.22. The molecule has 13 heteroatoms. The summed E-state index contributed by atoms with van der Waals surface area (Å²) in [6, 6.07) is 9.56. The molecule has 202 valence electrons. The lowest BCUT2D eigenvalue weighted by Crippen LogP contribution is -2.31. The first kappa shape index (κ1) is 27.0. The Bertz CT molecular complexity index is 1330. The smallest absolute Gasteiger partial charge is 0.436 e. The summed E-state index contributed by atoms with van der Waals surface area (Å²) >= 11 is 0. The Balaban J connectivity index is 1.61. The minimum atomic E-state index is -4.92. The Morgan fingerprint density at radius 2 is 1.61 bits per heavy atom. The van der Waals surface area contributed by atoms with Crippen molar-refractivity contribution in [3.8, 4) is 0 Å². The van der Waals surface area contributed by atoms with E-state index in [-0.39, 0.29) is 31.0 Å². The molecule has 1 aromatic heterocycles. The number of carbonyl (C=O) groups is 2. The normalized spacial score (nSPS) is 14.3. The fourth-order valence-electron chi connectivity index (χ4n) is 4.21. The van der Waals surface area contributed by atoms with Crippen molar-refractivity contribution in [1.82, 2.24) is 15.1 Å². The number of aromatic nitrogens is 2. The van der Waals surface area contributed by atoms with Gasteiger partial charge >= 0.3 is 18.3 Å². The molecule has 0 spiro atoms. The molecule has 4 rings (SSSR count). The number of fused-ring (bicyclic) bond motifs is 1. The third kappa shape index (κ3) is 5.46. The van der Waals surface area contributed by atoms with E-state index in [1.54, 1.807) is 19.1 Å². The first-order chi connectivity index (χ1) is 17.8. The summed E-state index contributed by atoms with van der Waals surface area (Å²) in [4.78, 5) is 26.3. The number of hydrogen-bond acceptors (Lipinski definition) is 5. The van der Waals surface area contributed by atoms with Crippen LogP contribution in [0.25, 0.3) is 0 Å². The molecule has 1 N–H and O–H groups in total. The van der Waals surface area contributed by atoms with E-state index >= 15 is 0 Å². The summed E-state index contributed by atoms with van der Waals surface area (Å²) in [6.45, 7) is 1.83. The second kappa shape index (κ2) is 10.0. The number of anilines is 1. The van der Waals surface area contributed by atoms with Crippen LogP contribution in [0.4, 0.5) is 32.2 Å². The van der Waals surface area contributed by atoms with Crippen molar-refractivity contribution in [2.45, 2.75) is 38.4 Å². The number of alkyl halides is 6. The van der Waals surface area contributed by atoms with Crippen molar-refractivity contribution in [3.05, 3.63) is 82.0 Å². The molecular formula is C25H22F6N4O3. The van der Waals surface area contributed by atoms with Crippen molar-refractivity contribution in [2.24, 2.45) is 0 Å². The Morgan fingerprint density at radius 3 is 2.16 bits per heavy atom. The standard InChI is InChI=1S/C25H22F6N4O3/c1-14(16-5-7-17(8-6-16)23(37)38-2)32-21(36)19-20(25(29,30)31)33-35-12-11-34(22(19)35)13-15-3-9-18(10-4-15)24(26,27)28/h3-10,14H,11-13H2,1-2H3,(H,32,36)/t14-/m0/s1. The number of nitrogens with zero attached hydrogens (tertiary/aromatic N) is 3. The van der Waals surface area contributed by atoms with E-state index in [4.69, 9.17) is 0 Å². The van der Waals surface area contributed by atoms with E-state index in [0.717, 1.165) is 16.8 Å². The Labute approximate surface area is 213 Å². The number of rotatable bonds is 6. The van der Waals surface area contributed by atoms with Gasteiger partial charge in [-0.2, -0.15) is 31.4 Å². The van der Waals surface area contributed by atoms with Gasteiger partial charge in [-0.1, -0.05) is 24.3 Å². The van der Waals surface area contributed by atoms with Crippen LogP contribution >= 0.6 is 0 Å². The lowest BCUT2D eigenvalue weighted by atomic mass is 10.1. The zero-order valence-electron chi connectivity index (χ0n) is 20.2. The second-order valence-corrected chi connectivity index (χ2v) is 8.69. The zero-order valence-corrected chi connectivity index (χ0v) is 20.2. The van der Waals surface area contributed by atoms with Gasteiger partial charge in [-0.05, 0) is 42.3 Å². The molecule has 0 saturated carbocycles. The highest BCUT2D eigenvalue weighted by atomic mass is 19.4. The largest absolute Gasteiger partial charge is 0.465 e. The molecule has 38 heavy (non-hydrogen) atoms. The van der Waals surface area contributed by atoms with Crippen molar-refractivity contribution in [1.29, 1.82) is 0 Å². The van der Waals surface area contributed by atoms with Gasteiger partial charge in [0.2, 0.25) is 0 Å². The molecule has 1 amide bonds. The molecule has 0 saturated heterocycles. The lowest BCUT2D eigenvalue weighted by molar-refractivity contribution is -0.142. The Morgan fingerprint density at radius 1 is 0.974 bits per heavy atom. The number of amides is 1. The number of carbonyl (C=O) groups excluding carboxylic acids is 2. The number of halogens is 6. The van der Waals surface area contributed by atoms with E-state index < -0.39 is 47.1 Å². The molecule has 0 unspecified atom stereocenters. The molecule has 7 nitrogen and oxygen atoms in total. The van der Waals surface area contributed by atoms with Gasteiger partial charge in [0.25, 0.3) is 5.91 Å². The molecule has 2 aromatic carbocycles. The van der Waals surface area contributed by atoms with Gasteiger partial charge in [0.05, 0.1) is 30.8 Å². The minimum absolute atomic E-state index is 0.0219. The Hall–Kier alpha value is -4.03. The van der Waals surface area contributed by atoms with Crippen LogP contribution in [0.1, 0.15) is 56.1 Å². The van der Waals surface area contributed by atoms with Gasteiger partial charge in [-0.25, -0.2) is 9.48 Å². The molecule has 0 fully saturated rings. The summed E-state index contributed by atoms with van der Waals surface area (Å²) in [5, 5.41) is 6.18. The fourth-order valence-corrected chi connectivity index (χ4v) is 4.21. The van der Waals surface area contributed by atoms with Crippen LogP contribution in [-0.4, -0.2) is 35.3 Å². The highest BCUT2D eigenvalue weighted by Gasteiger charge is 2.44. The molecule has 0 bridgehead atoms. The zero-order chi connectivity index (χ0) is 27.8. The van der Waals surface area contributed by atoms with Gasteiger partial charge in [0.1, 0.15) is 11.4 Å². The summed E-state index contributed by atoms with van der Waals surface area (Å²) in [5.41, 5.74) is -1.64. The number of benzene rings is 2. The third-order valence-corrected chi connectivity index (χ3v) is 6.14. The van der Waals surface area contributed by atoms with Crippen LogP contribution in [0.2, 0.25) is 0 Å². The lowest BCUT2D eigenvalue weighted by Gasteiger charge is -2.21. The first-order valence-corrected chi connectivity index (χ1v) is 11.4. The molecule has 1 aliphatic heterocycles. The van der Waals surface area contributed by atoms with Crippen molar-refractivity contribution in [2.75, 3.05) is 18.6 Å². The molecule has 1 atom stereocenters. The maximum Gasteiger partial charge on any atom is 0.436 e. The number of methoxy groups -OCH3 is 1. The average Bonchev–Trinajstić information content (AvgIpc) is 3.43. The molecule has 3 aromatic rings. The average molecular weight is 540 g/mol. The van der Waals surface area contributed by atoms with Crippen molar-refractivity contribution >= 4 is 17.7 Å². The topological polar surface area (TPSA) is 76.5 Å². The van der Waals surface area contributed by atoms with Crippen LogP contribution in [0, 0.1) is 0 Å². The van der Waals surface area contributed by atoms with E-state index in [0.29, 0.717) is 11.1 Å². The monoisotopic (exact) mass is 540 g/mol. The van der Waals surface area contributed by atoms with Gasteiger partial charge < -0.3 is 15.0 Å². The van der Waals surface area contributed by atoms with E-state index in [2.05, 4.69) is 15.2 Å². The summed E-state index contributed by atoms with van der Waals surface area (Å²) in [7, 11) is 1.22. The van der Waals surface area contributed by atoms with Gasteiger partial charge in [-0.15, -0.1) is 0 Å². The maximum absolute atomic E-state index is 13.9. The van der Waals surface area contributed by atoms with Crippen LogP contribution in [0.3, 0.4) is 0 Å². The van der Waals surface area contributed by atoms with Crippen LogP contribution < -0.4 is 10.2 Å². The molecule has 0 aliphatic carbocycles. The van der Waals surface area contributed by atoms with Crippen LogP contribution in [0.5, 0.6) is 0 Å². The number of nitrogens with one attached hydrogen (secondary N) is 1. The fraction of sp³-hybridized carbons (Fsp3) is 0.320. The third-order valence-electron chi connectivity index (χ3n) is 6.14. The SMILES string of the molecule is COC(=O)c1ccc([C@H](C)NC(=O)c2c(C(F)(F)F)nn3c2N(Cc2ccc(C(F)(F)F)cc2)CC3)cc1. The van der Waals surface area contributed by atoms with Crippen molar-refractivity contribution < 1.29 is 40.7 Å². The highest BCUT2D eigenvalue weighted by molar-refractivity contribution is 6.01. The maximum atomic E-state index is 13.9. The van der Waals surface area contributed by atoms with Crippen molar-refractivity contribution in [3.63, 3.8) is 0 Å². The molecule has 1 aliphatic rings. The summed E-state index contributed by atoms with van der Waals surface area (Å²) in [6.07, 6.45) is -9.44. The quantitative estimate of drug-likeness (QED) is 0.343. The van der Waals surface area contributed by atoms with E-state index in [9.17, 15) is 35.9 Å². The number of esters is 1. The Kier molecular flexibility index (Phi) is 7.13. The summed E-state index contributed by atoms with van der Waals surface area (Å²) in [5.74, 6) is -1.64. The molecule has 0 radical (unpaired) electrons. The van der Waals surface area contributed by atoms with E-state index in [1.165, 1.54) is 36.3 Å². The van der Waals surface area contributed by atoms with Gasteiger partial charge in [0.15, 0.2) is 5.69 Å². The predicted molar refractivity (Wildman–Crippen MR) is 123 cm³/mol. The minimum Gasteiger partial charge on any atom is -0.465 e. The highest BCUT2D eigenvalue weighted by Crippen LogP contribution is 2.39. The summed E-state index contributed by atoms with van der Waals surface area (Å²) < 4.78 is 85.9. The van der Waals surface area contributed by atoms with Crippen LogP contribution in [-0.2, 0) is 30.2 Å². The van der Waals surface area contributed by atoms with Gasteiger partial charge in [0, 0.05) is 13.1 Å². The van der Waals surface area contributed by atoms with Gasteiger partial charge in [-0.3, -0.25) is 4.79 Å². The van der Waals surface area contributed by atoms with Crippen LogP contribution in [0.15, 0.2) is 48.5 Å². The molecule has 2 heterocycles. The molecular weight excluding hydrogens is 518 g/mol. The number of hydrogen-bond donors (Lipinski definition) is 1. The van der Waals surface area contributed by atoms with E-state index in [1.807, 2.05) is 0 Å². The first-order valence-electron chi connectivity index (χ1n) is 11.4. The number of ether oxygens (including phenoxy) is 1. The second-order valence-electron chi connectivity index (χ2n) is 8.69.